The lowest BCUT2D eigenvalue weighted by Crippen LogP contribution is -2.36. The van der Waals surface area contributed by atoms with E-state index in [2.05, 4.69) is 4.72 Å². The van der Waals surface area contributed by atoms with Crippen LogP contribution < -0.4 is 10.5 Å². The number of hydrogen-bond donors (Lipinski definition) is 2. The third kappa shape index (κ3) is 5.16. The lowest BCUT2D eigenvalue weighted by atomic mass is 10.2. The highest BCUT2D eigenvalue weighted by molar-refractivity contribution is 7.88. The van der Waals surface area contributed by atoms with Gasteiger partial charge >= 0.3 is 0 Å². The van der Waals surface area contributed by atoms with Crippen molar-refractivity contribution in [1.82, 2.24) is 4.72 Å². The molecule has 0 heterocycles. The molecule has 0 aliphatic rings. The van der Waals surface area contributed by atoms with E-state index in [1.54, 1.807) is 31.2 Å². The van der Waals surface area contributed by atoms with Crippen molar-refractivity contribution in [2.24, 2.45) is 0 Å². The molecule has 3 N–H and O–H groups in total. The first kappa shape index (κ1) is 14.0. The van der Waals surface area contributed by atoms with Crippen LogP contribution in [0.25, 0.3) is 0 Å². The molecule has 6 heteroatoms. The highest BCUT2D eigenvalue weighted by Gasteiger charge is 2.14. The summed E-state index contributed by atoms with van der Waals surface area (Å²) in [5.41, 5.74) is 6.85. The molecule has 0 bridgehead atoms. The molecular formula is C11H18N2O3S. The van der Waals surface area contributed by atoms with E-state index >= 15 is 0 Å². The monoisotopic (exact) mass is 258 g/mol. The van der Waals surface area contributed by atoms with Gasteiger partial charge in [0.2, 0.25) is 10.0 Å². The zero-order chi connectivity index (χ0) is 12.9. The van der Waals surface area contributed by atoms with Crippen LogP contribution in [0.15, 0.2) is 24.3 Å². The number of nitrogens with one attached hydrogen (secondary N) is 1. The fourth-order valence-electron chi connectivity index (χ4n) is 1.47. The van der Waals surface area contributed by atoms with Crippen molar-refractivity contribution in [3.8, 4) is 0 Å². The number of nitrogen functional groups attached to an aromatic ring is 1. The molecule has 0 saturated carbocycles. The molecule has 0 saturated heterocycles. The summed E-state index contributed by atoms with van der Waals surface area (Å²) in [6, 6.07) is 6.54. The molecule has 0 fully saturated rings. The minimum absolute atomic E-state index is 0.0542. The topological polar surface area (TPSA) is 81.4 Å². The number of ether oxygens (including phenoxy) is 1. The smallest absolute Gasteiger partial charge is 0.216 e. The SMILES string of the molecule is COCC(C)NS(=O)(=O)Cc1ccc(N)cc1. The Balaban J connectivity index is 2.63. The van der Waals surface area contributed by atoms with E-state index in [0.29, 0.717) is 17.9 Å². The Morgan fingerprint density at radius 1 is 1.35 bits per heavy atom. The summed E-state index contributed by atoms with van der Waals surface area (Å²) in [5.74, 6) is -0.0542. The van der Waals surface area contributed by atoms with Gasteiger partial charge in [0.15, 0.2) is 0 Å². The first-order valence-electron chi connectivity index (χ1n) is 5.26. The second-order valence-corrected chi connectivity index (χ2v) is 5.73. The second-order valence-electron chi connectivity index (χ2n) is 3.97. The number of methoxy groups -OCH3 is 1. The maximum Gasteiger partial charge on any atom is 0.216 e. The van der Waals surface area contributed by atoms with Crippen molar-refractivity contribution in [3.05, 3.63) is 29.8 Å². The fourth-order valence-corrected chi connectivity index (χ4v) is 2.86. The van der Waals surface area contributed by atoms with Crippen molar-refractivity contribution >= 4 is 15.7 Å². The van der Waals surface area contributed by atoms with Crippen LogP contribution in [0.2, 0.25) is 0 Å². The lowest BCUT2D eigenvalue weighted by molar-refractivity contribution is 0.180. The Morgan fingerprint density at radius 2 is 1.94 bits per heavy atom. The number of benzene rings is 1. The van der Waals surface area contributed by atoms with Gasteiger partial charge in [0.25, 0.3) is 0 Å². The van der Waals surface area contributed by atoms with Crippen molar-refractivity contribution in [2.45, 2.75) is 18.7 Å². The van der Waals surface area contributed by atoms with Crippen molar-refractivity contribution < 1.29 is 13.2 Å². The molecule has 0 aliphatic heterocycles. The Hall–Kier alpha value is -1.11. The van der Waals surface area contributed by atoms with Gasteiger partial charge in [-0.1, -0.05) is 12.1 Å². The summed E-state index contributed by atoms with van der Waals surface area (Å²) >= 11 is 0. The summed E-state index contributed by atoms with van der Waals surface area (Å²) < 4.78 is 31.0. The van der Waals surface area contributed by atoms with Gasteiger partial charge in [0.1, 0.15) is 0 Å². The van der Waals surface area contributed by atoms with Gasteiger partial charge in [0, 0.05) is 18.8 Å². The van der Waals surface area contributed by atoms with E-state index in [0.717, 1.165) is 0 Å². The zero-order valence-electron chi connectivity index (χ0n) is 10.0. The van der Waals surface area contributed by atoms with Gasteiger partial charge in [-0.15, -0.1) is 0 Å². The van der Waals surface area contributed by atoms with E-state index in [1.807, 2.05) is 0 Å². The minimum Gasteiger partial charge on any atom is -0.399 e. The van der Waals surface area contributed by atoms with Crippen LogP contribution in [0, 0.1) is 0 Å². The Morgan fingerprint density at radius 3 is 2.47 bits per heavy atom. The molecule has 5 nitrogen and oxygen atoms in total. The van der Waals surface area contributed by atoms with E-state index in [1.165, 1.54) is 7.11 Å². The zero-order valence-corrected chi connectivity index (χ0v) is 10.8. The van der Waals surface area contributed by atoms with Crippen molar-refractivity contribution in [3.63, 3.8) is 0 Å². The number of sulfonamides is 1. The van der Waals surface area contributed by atoms with E-state index < -0.39 is 10.0 Å². The summed E-state index contributed by atoms with van der Waals surface area (Å²) in [4.78, 5) is 0. The van der Waals surface area contributed by atoms with Crippen LogP contribution in [0.4, 0.5) is 5.69 Å². The summed E-state index contributed by atoms with van der Waals surface area (Å²) in [5, 5.41) is 0. The average molecular weight is 258 g/mol. The first-order valence-corrected chi connectivity index (χ1v) is 6.91. The van der Waals surface area contributed by atoms with Crippen LogP contribution in [-0.4, -0.2) is 28.2 Å². The molecule has 17 heavy (non-hydrogen) atoms. The molecular weight excluding hydrogens is 240 g/mol. The standard InChI is InChI=1S/C11H18N2O3S/c1-9(7-16-2)13-17(14,15)8-10-3-5-11(12)6-4-10/h3-6,9,13H,7-8,12H2,1-2H3. The molecule has 1 aromatic rings. The molecule has 0 radical (unpaired) electrons. The average Bonchev–Trinajstić information content (AvgIpc) is 2.20. The quantitative estimate of drug-likeness (QED) is 0.737. The second kappa shape index (κ2) is 6.00. The third-order valence-corrected chi connectivity index (χ3v) is 3.61. The van der Waals surface area contributed by atoms with Crippen LogP contribution in [0.3, 0.4) is 0 Å². The highest BCUT2D eigenvalue weighted by Crippen LogP contribution is 2.09. The first-order chi connectivity index (χ1) is 7.93. The maximum atomic E-state index is 11.8. The molecule has 1 atom stereocenters. The number of nitrogens with two attached hydrogens (primary N) is 1. The molecule has 0 amide bonds. The minimum atomic E-state index is -3.34. The third-order valence-electron chi connectivity index (χ3n) is 2.13. The van der Waals surface area contributed by atoms with E-state index in [4.69, 9.17) is 10.5 Å². The maximum absolute atomic E-state index is 11.8. The molecule has 0 aromatic heterocycles. The van der Waals surface area contributed by atoms with Gasteiger partial charge in [-0.3, -0.25) is 0 Å². The summed E-state index contributed by atoms with van der Waals surface area (Å²) in [6.45, 7) is 2.10. The number of rotatable bonds is 6. The van der Waals surface area contributed by atoms with Crippen LogP contribution >= 0.6 is 0 Å². The molecule has 1 rings (SSSR count). The molecule has 1 aromatic carbocycles. The van der Waals surface area contributed by atoms with E-state index in [9.17, 15) is 8.42 Å². The summed E-state index contributed by atoms with van der Waals surface area (Å²) in [6.07, 6.45) is 0. The van der Waals surface area contributed by atoms with E-state index in [-0.39, 0.29) is 11.8 Å². The van der Waals surface area contributed by atoms with Crippen molar-refractivity contribution in [1.29, 1.82) is 0 Å². The molecule has 1 unspecified atom stereocenters. The van der Waals surface area contributed by atoms with Gasteiger partial charge < -0.3 is 10.5 Å². The summed E-state index contributed by atoms with van der Waals surface area (Å²) in [7, 11) is -1.81. The predicted molar refractivity (Wildman–Crippen MR) is 68.0 cm³/mol. The Labute approximate surface area is 102 Å². The normalized spacial score (nSPS) is 13.5. The van der Waals surface area contributed by atoms with Crippen LogP contribution in [0.5, 0.6) is 0 Å². The van der Waals surface area contributed by atoms with Gasteiger partial charge in [-0.05, 0) is 24.6 Å². The van der Waals surface area contributed by atoms with Gasteiger partial charge in [-0.2, -0.15) is 0 Å². The predicted octanol–water partition coefficient (Wildman–Crippen LogP) is 0.723. The fraction of sp³-hybridized carbons (Fsp3) is 0.455. The molecule has 96 valence electrons. The van der Waals surface area contributed by atoms with Gasteiger partial charge in [-0.25, -0.2) is 13.1 Å². The Kier molecular flexibility index (Phi) is 4.92. The largest absolute Gasteiger partial charge is 0.399 e. The lowest BCUT2D eigenvalue weighted by Gasteiger charge is -2.13. The Bertz CT molecular complexity index is 442. The van der Waals surface area contributed by atoms with Crippen LogP contribution in [-0.2, 0) is 20.5 Å². The molecule has 0 spiro atoms. The van der Waals surface area contributed by atoms with Crippen LogP contribution in [0.1, 0.15) is 12.5 Å². The highest BCUT2D eigenvalue weighted by atomic mass is 32.2. The van der Waals surface area contributed by atoms with Crippen molar-refractivity contribution in [2.75, 3.05) is 19.5 Å². The number of anilines is 1. The van der Waals surface area contributed by atoms with Gasteiger partial charge in [0.05, 0.1) is 12.4 Å². The number of hydrogen-bond acceptors (Lipinski definition) is 4. The molecule has 0 aliphatic carbocycles.